The largest absolute Gasteiger partial charge is 0.301 e. The number of likely N-dealkylation sites (tertiary alicyclic amines) is 1. The van der Waals surface area contributed by atoms with Gasteiger partial charge >= 0.3 is 0 Å². The third kappa shape index (κ3) is 4.47. The molecule has 0 aromatic heterocycles. The predicted octanol–water partition coefficient (Wildman–Crippen LogP) is 2.36. The highest BCUT2D eigenvalue weighted by atomic mass is 32.2. The molecule has 22 heavy (non-hydrogen) atoms. The number of nitrogens with one attached hydrogen (secondary N) is 1. The second kappa shape index (κ2) is 7.02. The van der Waals surface area contributed by atoms with E-state index in [-0.39, 0.29) is 10.8 Å². The molecule has 0 spiro atoms. The van der Waals surface area contributed by atoms with Crippen molar-refractivity contribution in [3.05, 3.63) is 29.8 Å². The summed E-state index contributed by atoms with van der Waals surface area (Å²) in [6, 6.07) is 2.80. The lowest BCUT2D eigenvalue weighted by molar-refractivity contribution is 0.151. The van der Waals surface area contributed by atoms with Gasteiger partial charge in [0, 0.05) is 18.7 Å². The van der Waals surface area contributed by atoms with Gasteiger partial charge in [-0.2, -0.15) is 0 Å². The van der Waals surface area contributed by atoms with E-state index in [9.17, 15) is 17.2 Å². The molecule has 0 saturated carbocycles. The molecule has 1 heterocycles. The number of piperidine rings is 1. The summed E-state index contributed by atoms with van der Waals surface area (Å²) in [5, 5.41) is 0. The van der Waals surface area contributed by atoms with Crippen LogP contribution in [0.5, 0.6) is 0 Å². The van der Waals surface area contributed by atoms with Crippen LogP contribution in [0.4, 0.5) is 8.78 Å². The van der Waals surface area contributed by atoms with Crippen molar-refractivity contribution in [2.45, 2.75) is 37.6 Å². The lowest BCUT2D eigenvalue weighted by Gasteiger charge is -2.34. The highest BCUT2D eigenvalue weighted by Gasteiger charge is 2.23. The Balaban J connectivity index is 1.93. The molecule has 1 aromatic rings. The van der Waals surface area contributed by atoms with Crippen molar-refractivity contribution < 1.29 is 17.2 Å². The van der Waals surface area contributed by atoms with Crippen molar-refractivity contribution in [3.63, 3.8) is 0 Å². The van der Waals surface area contributed by atoms with Crippen molar-refractivity contribution >= 4 is 10.0 Å². The molecule has 0 unspecified atom stereocenters. The molecule has 4 nitrogen and oxygen atoms in total. The fourth-order valence-electron chi connectivity index (χ4n) is 2.67. The van der Waals surface area contributed by atoms with E-state index in [2.05, 4.69) is 23.5 Å². The molecule has 1 aliphatic rings. The molecule has 1 aromatic carbocycles. The number of hydrogen-bond acceptors (Lipinski definition) is 3. The summed E-state index contributed by atoms with van der Waals surface area (Å²) in [7, 11) is -3.88. The van der Waals surface area contributed by atoms with Crippen LogP contribution in [0.2, 0.25) is 0 Å². The molecule has 1 N–H and O–H groups in total. The van der Waals surface area contributed by atoms with Gasteiger partial charge in [-0.1, -0.05) is 0 Å². The van der Waals surface area contributed by atoms with Crippen LogP contribution in [0, 0.1) is 17.6 Å². The van der Waals surface area contributed by atoms with Gasteiger partial charge in [-0.15, -0.1) is 0 Å². The molecule has 124 valence electrons. The maximum absolute atomic E-state index is 13.1. The number of halogens is 2. The molecule has 2 rings (SSSR count). The van der Waals surface area contributed by atoms with E-state index in [0.717, 1.165) is 38.1 Å². The zero-order chi connectivity index (χ0) is 16.3. The first-order valence-corrected chi connectivity index (χ1v) is 8.96. The van der Waals surface area contributed by atoms with Crippen LogP contribution in [-0.4, -0.2) is 39.0 Å². The van der Waals surface area contributed by atoms with Crippen LogP contribution in [-0.2, 0) is 10.0 Å². The Bertz CT molecular complexity index is 592. The molecule has 0 amide bonds. The van der Waals surface area contributed by atoms with Gasteiger partial charge < -0.3 is 4.90 Å². The van der Waals surface area contributed by atoms with Crippen molar-refractivity contribution in [1.29, 1.82) is 0 Å². The van der Waals surface area contributed by atoms with Gasteiger partial charge in [0.15, 0.2) is 0 Å². The first kappa shape index (κ1) is 17.3. The predicted molar refractivity (Wildman–Crippen MR) is 81.0 cm³/mol. The molecule has 1 saturated heterocycles. The van der Waals surface area contributed by atoms with Crippen LogP contribution < -0.4 is 4.72 Å². The van der Waals surface area contributed by atoms with Crippen molar-refractivity contribution in [1.82, 2.24) is 9.62 Å². The topological polar surface area (TPSA) is 49.4 Å². The highest BCUT2D eigenvalue weighted by molar-refractivity contribution is 7.89. The summed E-state index contributed by atoms with van der Waals surface area (Å²) in [6.07, 6.45) is 1.83. The maximum atomic E-state index is 13.1. The second-order valence-electron chi connectivity index (χ2n) is 6.03. The Labute approximate surface area is 130 Å². The Morgan fingerprint density at radius 3 is 2.23 bits per heavy atom. The van der Waals surface area contributed by atoms with Gasteiger partial charge in [-0.25, -0.2) is 21.9 Å². The maximum Gasteiger partial charge on any atom is 0.240 e. The van der Waals surface area contributed by atoms with Crippen LogP contribution >= 0.6 is 0 Å². The standard InChI is InChI=1S/C15H22F2N2O2S/c1-11(2)19-5-3-12(4-6-19)10-18-22(20,21)15-8-13(16)7-14(17)9-15/h7-9,11-12,18H,3-6,10H2,1-2H3. The highest BCUT2D eigenvalue weighted by Crippen LogP contribution is 2.19. The average molecular weight is 332 g/mol. The van der Waals surface area contributed by atoms with Gasteiger partial charge in [0.1, 0.15) is 11.6 Å². The fraction of sp³-hybridized carbons (Fsp3) is 0.600. The van der Waals surface area contributed by atoms with Crippen LogP contribution in [0.1, 0.15) is 26.7 Å². The van der Waals surface area contributed by atoms with Gasteiger partial charge in [-0.3, -0.25) is 0 Å². The van der Waals surface area contributed by atoms with E-state index in [1.807, 2.05) is 0 Å². The summed E-state index contributed by atoms with van der Waals surface area (Å²) in [6.45, 7) is 6.47. The fourth-order valence-corrected chi connectivity index (χ4v) is 3.83. The van der Waals surface area contributed by atoms with E-state index in [4.69, 9.17) is 0 Å². The number of rotatable bonds is 5. The summed E-state index contributed by atoms with van der Waals surface area (Å²) in [5.41, 5.74) is 0. The van der Waals surface area contributed by atoms with Crippen molar-refractivity contribution in [3.8, 4) is 0 Å². The summed E-state index contributed by atoms with van der Waals surface area (Å²) in [5.74, 6) is -1.54. The van der Waals surface area contributed by atoms with Gasteiger partial charge in [-0.05, 0) is 57.8 Å². The Hall–Kier alpha value is -1.05. The van der Waals surface area contributed by atoms with Crippen LogP contribution in [0.25, 0.3) is 0 Å². The first-order chi connectivity index (χ1) is 10.3. The van der Waals surface area contributed by atoms with Gasteiger partial charge in [0.2, 0.25) is 10.0 Å². The zero-order valence-corrected chi connectivity index (χ0v) is 13.7. The normalized spacial score (nSPS) is 18.0. The molecule has 0 bridgehead atoms. The average Bonchev–Trinajstić information content (AvgIpc) is 2.44. The van der Waals surface area contributed by atoms with E-state index in [0.29, 0.717) is 18.7 Å². The van der Waals surface area contributed by atoms with E-state index < -0.39 is 21.7 Å². The Morgan fingerprint density at radius 2 is 1.73 bits per heavy atom. The molecule has 0 radical (unpaired) electrons. The molecule has 1 aliphatic heterocycles. The van der Waals surface area contributed by atoms with Crippen molar-refractivity contribution in [2.75, 3.05) is 19.6 Å². The molecular weight excluding hydrogens is 310 g/mol. The minimum atomic E-state index is -3.88. The Kier molecular flexibility index (Phi) is 5.52. The molecule has 7 heteroatoms. The number of benzene rings is 1. The SMILES string of the molecule is CC(C)N1CCC(CNS(=O)(=O)c2cc(F)cc(F)c2)CC1. The zero-order valence-electron chi connectivity index (χ0n) is 12.9. The van der Waals surface area contributed by atoms with E-state index in [1.54, 1.807) is 0 Å². The first-order valence-electron chi connectivity index (χ1n) is 7.48. The summed E-state index contributed by atoms with van der Waals surface area (Å²) >= 11 is 0. The molecular formula is C15H22F2N2O2S. The number of hydrogen-bond donors (Lipinski definition) is 1. The smallest absolute Gasteiger partial charge is 0.240 e. The number of nitrogens with zero attached hydrogens (tertiary/aromatic N) is 1. The summed E-state index contributed by atoms with van der Waals surface area (Å²) < 4.78 is 52.9. The van der Waals surface area contributed by atoms with Crippen LogP contribution in [0.15, 0.2) is 23.1 Å². The van der Waals surface area contributed by atoms with E-state index in [1.165, 1.54) is 0 Å². The monoisotopic (exact) mass is 332 g/mol. The van der Waals surface area contributed by atoms with Crippen molar-refractivity contribution in [2.24, 2.45) is 5.92 Å². The van der Waals surface area contributed by atoms with Gasteiger partial charge in [0.25, 0.3) is 0 Å². The third-order valence-corrected chi connectivity index (χ3v) is 5.49. The minimum absolute atomic E-state index is 0.253. The Morgan fingerprint density at radius 1 is 1.18 bits per heavy atom. The van der Waals surface area contributed by atoms with E-state index >= 15 is 0 Å². The van der Waals surface area contributed by atoms with Gasteiger partial charge in [0.05, 0.1) is 4.90 Å². The molecule has 1 fully saturated rings. The van der Waals surface area contributed by atoms with Crippen LogP contribution in [0.3, 0.4) is 0 Å². The lowest BCUT2D eigenvalue weighted by Crippen LogP contribution is -2.41. The number of sulfonamides is 1. The lowest BCUT2D eigenvalue weighted by atomic mass is 9.96. The molecule has 0 atom stereocenters. The minimum Gasteiger partial charge on any atom is -0.301 e. The quantitative estimate of drug-likeness (QED) is 0.900. The molecule has 0 aliphatic carbocycles. The second-order valence-corrected chi connectivity index (χ2v) is 7.80. The third-order valence-electron chi connectivity index (χ3n) is 4.09. The summed E-state index contributed by atoms with van der Waals surface area (Å²) in [4.78, 5) is 1.98.